The van der Waals surface area contributed by atoms with Crippen molar-refractivity contribution in [3.8, 4) is 11.3 Å². The lowest BCUT2D eigenvalue weighted by molar-refractivity contribution is 0.832. The Hall–Kier alpha value is -0.910. The second-order valence-corrected chi connectivity index (χ2v) is 5.90. The first-order valence-corrected chi connectivity index (χ1v) is 7.95. The van der Waals surface area contributed by atoms with Crippen LogP contribution in [0.2, 0.25) is 5.02 Å². The maximum Gasteiger partial charge on any atom is 0.203 e. The number of benzene rings is 1. The third kappa shape index (κ3) is 5.77. The van der Waals surface area contributed by atoms with Gasteiger partial charge in [0.05, 0.1) is 5.69 Å². The van der Waals surface area contributed by atoms with Crippen LogP contribution in [0.25, 0.3) is 11.3 Å². The molecule has 0 aliphatic carbocycles. The molecule has 1 aromatic heterocycles. The molecular weight excluding hydrogens is 370 g/mol. The number of hydrazone groups is 1. The largest absolute Gasteiger partial charge is 0.253 e. The summed E-state index contributed by atoms with van der Waals surface area (Å²) in [6, 6.07) is 7.68. The van der Waals surface area contributed by atoms with E-state index in [1.165, 1.54) is 12.8 Å². The molecule has 0 amide bonds. The number of unbranched alkanes of at least 4 members (excludes halogenated alkanes) is 1. The van der Waals surface area contributed by atoms with Crippen molar-refractivity contribution in [2.45, 2.75) is 33.1 Å². The summed E-state index contributed by atoms with van der Waals surface area (Å²) >= 11 is 7.43. The lowest BCUT2D eigenvalue weighted by Crippen LogP contribution is -1.97. The summed E-state index contributed by atoms with van der Waals surface area (Å²) in [5.74, 6) is 0. The standard InChI is InChI=1S/C15H18ClN3S.BrH/c1-3-4-5-11(2)18-19-15-17-14(10-20-15)12-6-8-13(16)9-7-12;/h6-10H,3-5H2,1-2H3,(H,17,19);1H/b18-11+;. The second-order valence-electron chi connectivity index (χ2n) is 4.61. The predicted octanol–water partition coefficient (Wildman–Crippen LogP) is 6.02. The van der Waals surface area contributed by atoms with Crippen molar-refractivity contribution < 1.29 is 0 Å². The summed E-state index contributed by atoms with van der Waals surface area (Å²) < 4.78 is 0. The molecule has 6 heteroatoms. The summed E-state index contributed by atoms with van der Waals surface area (Å²) in [5, 5.41) is 7.91. The predicted molar refractivity (Wildman–Crippen MR) is 99.1 cm³/mol. The molecule has 21 heavy (non-hydrogen) atoms. The quantitative estimate of drug-likeness (QED) is 0.485. The number of aromatic nitrogens is 1. The second kappa shape index (κ2) is 9.18. The van der Waals surface area contributed by atoms with E-state index in [1.54, 1.807) is 11.3 Å². The molecule has 1 aromatic carbocycles. The van der Waals surface area contributed by atoms with Crippen LogP contribution in [0.3, 0.4) is 0 Å². The minimum Gasteiger partial charge on any atom is -0.253 e. The van der Waals surface area contributed by atoms with Crippen molar-refractivity contribution >= 4 is 50.8 Å². The van der Waals surface area contributed by atoms with E-state index >= 15 is 0 Å². The van der Waals surface area contributed by atoms with Crippen molar-refractivity contribution in [2.24, 2.45) is 5.10 Å². The molecule has 3 nitrogen and oxygen atoms in total. The van der Waals surface area contributed by atoms with E-state index in [0.717, 1.165) is 33.5 Å². The average Bonchev–Trinajstić information content (AvgIpc) is 2.92. The first-order valence-electron chi connectivity index (χ1n) is 6.69. The van der Waals surface area contributed by atoms with E-state index in [0.29, 0.717) is 0 Å². The molecule has 0 bridgehead atoms. The SMILES string of the molecule is Br.CCCC/C(C)=N/Nc1nc(-c2ccc(Cl)cc2)cs1. The Bertz CT molecular complexity index is 581. The molecule has 0 saturated heterocycles. The number of hydrogen-bond donors (Lipinski definition) is 1. The van der Waals surface area contributed by atoms with Gasteiger partial charge in [-0.3, -0.25) is 5.43 Å². The van der Waals surface area contributed by atoms with Gasteiger partial charge in [-0.2, -0.15) is 5.10 Å². The molecule has 0 radical (unpaired) electrons. The molecular formula is C15H19BrClN3S. The van der Waals surface area contributed by atoms with Crippen LogP contribution in [0.1, 0.15) is 33.1 Å². The fraction of sp³-hybridized carbons (Fsp3) is 0.333. The minimum atomic E-state index is 0. The molecule has 0 aliphatic rings. The highest BCUT2D eigenvalue weighted by Crippen LogP contribution is 2.25. The van der Waals surface area contributed by atoms with E-state index in [-0.39, 0.29) is 17.0 Å². The first kappa shape index (κ1) is 18.1. The van der Waals surface area contributed by atoms with Gasteiger partial charge in [-0.15, -0.1) is 28.3 Å². The molecule has 0 unspecified atom stereocenters. The first-order chi connectivity index (χ1) is 9.69. The molecule has 2 rings (SSSR count). The minimum absolute atomic E-state index is 0. The van der Waals surface area contributed by atoms with E-state index < -0.39 is 0 Å². The fourth-order valence-electron chi connectivity index (χ4n) is 1.71. The van der Waals surface area contributed by atoms with Crippen LogP contribution in [0.5, 0.6) is 0 Å². The van der Waals surface area contributed by atoms with E-state index in [1.807, 2.05) is 36.6 Å². The van der Waals surface area contributed by atoms with Gasteiger partial charge in [-0.25, -0.2) is 4.98 Å². The number of rotatable bonds is 6. The molecule has 0 fully saturated rings. The molecule has 1 N–H and O–H groups in total. The van der Waals surface area contributed by atoms with Crippen LogP contribution in [0.4, 0.5) is 5.13 Å². The van der Waals surface area contributed by atoms with Gasteiger partial charge < -0.3 is 0 Å². The zero-order valence-electron chi connectivity index (χ0n) is 12.1. The Morgan fingerprint density at radius 2 is 2.05 bits per heavy atom. The lowest BCUT2D eigenvalue weighted by Gasteiger charge is -1.99. The Balaban J connectivity index is 0.00000220. The van der Waals surface area contributed by atoms with Crippen molar-refractivity contribution in [3.05, 3.63) is 34.7 Å². The Morgan fingerprint density at radius 1 is 1.33 bits per heavy atom. The number of hydrogen-bond acceptors (Lipinski definition) is 4. The van der Waals surface area contributed by atoms with Gasteiger partial charge >= 0.3 is 0 Å². The highest BCUT2D eigenvalue weighted by molar-refractivity contribution is 8.93. The summed E-state index contributed by atoms with van der Waals surface area (Å²) in [5.41, 5.74) is 6.13. The maximum atomic E-state index is 5.88. The highest BCUT2D eigenvalue weighted by atomic mass is 79.9. The monoisotopic (exact) mass is 387 g/mol. The lowest BCUT2D eigenvalue weighted by atomic mass is 10.2. The summed E-state index contributed by atoms with van der Waals surface area (Å²) in [7, 11) is 0. The molecule has 2 aromatic rings. The molecule has 0 atom stereocenters. The summed E-state index contributed by atoms with van der Waals surface area (Å²) in [6.07, 6.45) is 3.38. The normalized spacial score (nSPS) is 11.1. The summed E-state index contributed by atoms with van der Waals surface area (Å²) in [6.45, 7) is 4.22. The zero-order valence-corrected chi connectivity index (χ0v) is 15.4. The van der Waals surface area contributed by atoms with Gasteiger partial charge in [0, 0.05) is 21.7 Å². The number of nitrogens with one attached hydrogen (secondary N) is 1. The van der Waals surface area contributed by atoms with Crippen LogP contribution < -0.4 is 5.43 Å². The summed E-state index contributed by atoms with van der Waals surface area (Å²) in [4.78, 5) is 4.52. The van der Waals surface area contributed by atoms with Crippen molar-refractivity contribution in [2.75, 3.05) is 5.43 Å². The zero-order chi connectivity index (χ0) is 14.4. The number of anilines is 1. The van der Waals surface area contributed by atoms with E-state index in [4.69, 9.17) is 11.6 Å². The number of nitrogens with zero attached hydrogens (tertiary/aromatic N) is 2. The van der Waals surface area contributed by atoms with E-state index in [9.17, 15) is 0 Å². The van der Waals surface area contributed by atoms with Gasteiger partial charge in [-0.05, 0) is 31.9 Å². The topological polar surface area (TPSA) is 37.3 Å². The molecule has 114 valence electrons. The fourth-order valence-corrected chi connectivity index (χ4v) is 2.50. The Kier molecular flexibility index (Phi) is 7.93. The van der Waals surface area contributed by atoms with Crippen LogP contribution in [0, 0.1) is 0 Å². The van der Waals surface area contributed by atoms with Crippen LogP contribution >= 0.6 is 39.9 Å². The van der Waals surface area contributed by atoms with Crippen molar-refractivity contribution in [1.82, 2.24) is 4.98 Å². The van der Waals surface area contributed by atoms with Gasteiger partial charge in [-0.1, -0.05) is 37.1 Å². The third-order valence-corrected chi connectivity index (χ3v) is 3.88. The smallest absolute Gasteiger partial charge is 0.203 e. The van der Waals surface area contributed by atoms with Crippen LogP contribution in [-0.4, -0.2) is 10.7 Å². The molecule has 0 spiro atoms. The Labute approximate surface area is 145 Å². The molecule has 0 saturated carbocycles. The van der Waals surface area contributed by atoms with Crippen molar-refractivity contribution in [3.63, 3.8) is 0 Å². The Morgan fingerprint density at radius 3 is 2.71 bits per heavy atom. The van der Waals surface area contributed by atoms with Crippen LogP contribution in [0.15, 0.2) is 34.7 Å². The number of thiazole rings is 1. The van der Waals surface area contributed by atoms with Crippen LogP contribution in [-0.2, 0) is 0 Å². The van der Waals surface area contributed by atoms with Crippen molar-refractivity contribution in [1.29, 1.82) is 0 Å². The average molecular weight is 389 g/mol. The highest BCUT2D eigenvalue weighted by Gasteiger charge is 2.04. The van der Waals surface area contributed by atoms with Gasteiger partial charge in [0.2, 0.25) is 5.13 Å². The van der Waals surface area contributed by atoms with Gasteiger partial charge in [0.1, 0.15) is 0 Å². The van der Waals surface area contributed by atoms with Gasteiger partial charge in [0.15, 0.2) is 0 Å². The van der Waals surface area contributed by atoms with E-state index in [2.05, 4.69) is 22.4 Å². The maximum absolute atomic E-state index is 5.88. The van der Waals surface area contributed by atoms with Gasteiger partial charge in [0.25, 0.3) is 0 Å². The molecule has 1 heterocycles. The number of halogens is 2. The third-order valence-electron chi connectivity index (χ3n) is 2.88. The molecule has 0 aliphatic heterocycles.